The molecule has 0 aliphatic heterocycles. The minimum absolute atomic E-state index is 0.0217. The summed E-state index contributed by atoms with van der Waals surface area (Å²) in [6.07, 6.45) is 1.66. The monoisotopic (exact) mass is 617 g/mol. The molecule has 0 aliphatic carbocycles. The van der Waals surface area contributed by atoms with Gasteiger partial charge < -0.3 is 14.8 Å². The van der Waals surface area contributed by atoms with Crippen molar-refractivity contribution in [3.63, 3.8) is 0 Å². The molecule has 3 aromatic carbocycles. The molecule has 4 heterocycles. The van der Waals surface area contributed by atoms with Gasteiger partial charge in [0.25, 0.3) is 0 Å². The van der Waals surface area contributed by atoms with Gasteiger partial charge in [-0.15, -0.1) is 0 Å². The number of carbonyl (C=O) groups is 2. The van der Waals surface area contributed by atoms with Gasteiger partial charge in [0.05, 0.1) is 39.4 Å². The van der Waals surface area contributed by atoms with Gasteiger partial charge in [0, 0.05) is 41.3 Å². The molecule has 0 atom stereocenters. The zero-order chi connectivity index (χ0) is 32.5. The maximum atomic E-state index is 12.2. The fourth-order valence-corrected chi connectivity index (χ4v) is 5.71. The molecule has 7 rings (SSSR count). The van der Waals surface area contributed by atoms with Gasteiger partial charge in [-0.3, -0.25) is 9.88 Å². The van der Waals surface area contributed by atoms with Crippen molar-refractivity contribution in [1.82, 2.24) is 19.5 Å². The molecule has 0 aliphatic rings. The summed E-state index contributed by atoms with van der Waals surface area (Å²) in [6.45, 7) is 0. The van der Waals surface area contributed by atoms with E-state index < -0.39 is 11.9 Å². The number of benzene rings is 3. The van der Waals surface area contributed by atoms with Crippen LogP contribution in [0.3, 0.4) is 0 Å². The predicted molar refractivity (Wildman–Crippen MR) is 181 cm³/mol. The Balaban J connectivity index is 1.32. The van der Waals surface area contributed by atoms with Crippen molar-refractivity contribution in [3.05, 3.63) is 145 Å². The highest BCUT2D eigenvalue weighted by Crippen LogP contribution is 2.37. The van der Waals surface area contributed by atoms with E-state index >= 15 is 0 Å². The van der Waals surface area contributed by atoms with Crippen LogP contribution in [0.15, 0.2) is 134 Å². The first-order chi connectivity index (χ1) is 22.9. The molecule has 0 radical (unpaired) electrons. The molecule has 228 valence electrons. The highest BCUT2D eigenvalue weighted by Gasteiger charge is 2.20. The molecule has 0 fully saturated rings. The lowest BCUT2D eigenvalue weighted by Crippen LogP contribution is -2.13. The summed E-state index contributed by atoms with van der Waals surface area (Å²) in [7, 11) is 2.00. The molecule has 4 aromatic heterocycles. The van der Waals surface area contributed by atoms with Crippen LogP contribution in [0.25, 0.3) is 44.9 Å². The van der Waals surface area contributed by atoms with Crippen molar-refractivity contribution in [1.29, 1.82) is 0 Å². The van der Waals surface area contributed by atoms with Crippen LogP contribution in [-0.4, -0.2) is 41.7 Å². The SMILES string of the molecule is Cn1c(-c2ccnc(-c3cc(C(=O)O)cc(-c4cc(C(=O)O)c5ccccc5n4)n3)c2)ccc1N(c1ccccc1)c1ccccc1. The molecule has 0 bridgehead atoms. The number of para-hydroxylation sites is 3. The van der Waals surface area contributed by atoms with Crippen LogP contribution in [0.4, 0.5) is 17.2 Å². The zero-order valence-electron chi connectivity index (χ0n) is 25.1. The Morgan fingerprint density at radius 3 is 1.91 bits per heavy atom. The average molecular weight is 618 g/mol. The van der Waals surface area contributed by atoms with Gasteiger partial charge in [0.2, 0.25) is 0 Å². The van der Waals surface area contributed by atoms with E-state index in [-0.39, 0.29) is 22.5 Å². The summed E-state index contributed by atoms with van der Waals surface area (Å²) >= 11 is 0. The van der Waals surface area contributed by atoms with Crippen molar-refractivity contribution in [2.75, 3.05) is 4.90 Å². The molecule has 0 amide bonds. The first-order valence-corrected chi connectivity index (χ1v) is 14.8. The fourth-order valence-electron chi connectivity index (χ4n) is 5.71. The summed E-state index contributed by atoms with van der Waals surface area (Å²) in [5, 5.41) is 20.4. The van der Waals surface area contributed by atoms with Gasteiger partial charge in [-0.05, 0) is 72.8 Å². The third kappa shape index (κ3) is 5.57. The number of fused-ring (bicyclic) bond motifs is 1. The van der Waals surface area contributed by atoms with E-state index in [1.165, 1.54) is 18.2 Å². The second-order valence-corrected chi connectivity index (χ2v) is 10.9. The topological polar surface area (TPSA) is 121 Å². The summed E-state index contributed by atoms with van der Waals surface area (Å²) in [4.78, 5) is 40.4. The standard InChI is InChI=1S/C38H27N5O4/c1-42-35(16-17-36(42)43(26-10-4-2-5-11-26)27-12-6-3-7-13-27)24-18-19-39-31(20-24)32-21-25(37(44)45)22-33(41-32)34-23-29(38(46)47)28-14-8-9-15-30(28)40-34/h2-23H,1H3,(H,44,45)(H,46,47). The maximum Gasteiger partial charge on any atom is 0.336 e. The summed E-state index contributed by atoms with van der Waals surface area (Å²) in [5.74, 6) is -1.33. The molecule has 0 spiro atoms. The predicted octanol–water partition coefficient (Wildman–Crippen LogP) is 8.23. The molecule has 0 saturated heterocycles. The van der Waals surface area contributed by atoms with Gasteiger partial charge in [0.1, 0.15) is 5.82 Å². The van der Waals surface area contributed by atoms with Gasteiger partial charge in [0.15, 0.2) is 0 Å². The van der Waals surface area contributed by atoms with Crippen molar-refractivity contribution in [2.24, 2.45) is 7.05 Å². The molecular formula is C38H27N5O4. The number of hydrogen-bond donors (Lipinski definition) is 2. The summed E-state index contributed by atoms with van der Waals surface area (Å²) in [5.41, 5.74) is 5.53. The lowest BCUT2D eigenvalue weighted by Gasteiger charge is -2.26. The van der Waals surface area contributed by atoms with Gasteiger partial charge in [-0.1, -0.05) is 54.6 Å². The minimum Gasteiger partial charge on any atom is -0.478 e. The Hall–Kier alpha value is -6.61. The van der Waals surface area contributed by atoms with E-state index in [0.717, 1.165) is 28.5 Å². The van der Waals surface area contributed by atoms with Crippen LogP contribution in [-0.2, 0) is 7.05 Å². The van der Waals surface area contributed by atoms with E-state index in [1.807, 2.05) is 61.6 Å². The smallest absolute Gasteiger partial charge is 0.336 e. The van der Waals surface area contributed by atoms with Crippen LogP contribution in [0.5, 0.6) is 0 Å². The van der Waals surface area contributed by atoms with Crippen LogP contribution >= 0.6 is 0 Å². The third-order valence-corrected chi connectivity index (χ3v) is 7.95. The molecular weight excluding hydrogens is 590 g/mol. The zero-order valence-corrected chi connectivity index (χ0v) is 25.1. The average Bonchev–Trinajstić information content (AvgIpc) is 3.48. The Morgan fingerprint density at radius 2 is 1.26 bits per heavy atom. The maximum absolute atomic E-state index is 12.2. The molecule has 47 heavy (non-hydrogen) atoms. The van der Waals surface area contributed by atoms with Crippen LogP contribution in [0.1, 0.15) is 20.7 Å². The summed E-state index contributed by atoms with van der Waals surface area (Å²) in [6, 6.07) is 39.3. The molecule has 9 nitrogen and oxygen atoms in total. The van der Waals surface area contributed by atoms with Gasteiger partial charge in [-0.25, -0.2) is 19.6 Å². The summed E-state index contributed by atoms with van der Waals surface area (Å²) < 4.78 is 2.10. The molecule has 7 aromatic rings. The molecule has 0 saturated carbocycles. The van der Waals surface area contributed by atoms with E-state index in [4.69, 9.17) is 4.98 Å². The Labute approximate surface area is 269 Å². The Bertz CT molecular complexity index is 2240. The highest BCUT2D eigenvalue weighted by atomic mass is 16.4. The first-order valence-electron chi connectivity index (χ1n) is 14.8. The van der Waals surface area contributed by atoms with Crippen LogP contribution < -0.4 is 4.90 Å². The Kier molecular flexibility index (Phi) is 7.47. The third-order valence-electron chi connectivity index (χ3n) is 7.95. The number of pyridine rings is 3. The normalized spacial score (nSPS) is 11.0. The molecule has 9 heteroatoms. The number of hydrogen-bond acceptors (Lipinski definition) is 6. The van der Waals surface area contributed by atoms with Crippen LogP contribution in [0.2, 0.25) is 0 Å². The number of anilines is 3. The van der Waals surface area contributed by atoms with Gasteiger partial charge >= 0.3 is 11.9 Å². The van der Waals surface area contributed by atoms with Crippen molar-refractivity contribution >= 4 is 40.0 Å². The highest BCUT2D eigenvalue weighted by molar-refractivity contribution is 6.03. The lowest BCUT2D eigenvalue weighted by atomic mass is 10.0. The second-order valence-electron chi connectivity index (χ2n) is 10.9. The minimum atomic E-state index is -1.15. The number of carboxylic acids is 2. The van der Waals surface area contributed by atoms with E-state index in [1.54, 1.807) is 30.5 Å². The van der Waals surface area contributed by atoms with Crippen molar-refractivity contribution in [3.8, 4) is 34.0 Å². The fraction of sp³-hybridized carbons (Fsp3) is 0.0263. The van der Waals surface area contributed by atoms with E-state index in [2.05, 4.69) is 49.8 Å². The number of aromatic nitrogens is 4. The van der Waals surface area contributed by atoms with E-state index in [0.29, 0.717) is 22.3 Å². The van der Waals surface area contributed by atoms with E-state index in [9.17, 15) is 19.8 Å². The quantitative estimate of drug-likeness (QED) is 0.175. The largest absolute Gasteiger partial charge is 0.478 e. The van der Waals surface area contributed by atoms with Gasteiger partial charge in [-0.2, -0.15) is 0 Å². The second kappa shape index (κ2) is 12.1. The number of carboxylic acid groups (broad SMARTS) is 2. The Morgan fingerprint density at radius 1 is 0.638 bits per heavy atom. The van der Waals surface area contributed by atoms with Crippen LogP contribution in [0, 0.1) is 0 Å². The number of rotatable bonds is 8. The lowest BCUT2D eigenvalue weighted by molar-refractivity contribution is 0.0687. The van der Waals surface area contributed by atoms with Crippen molar-refractivity contribution in [2.45, 2.75) is 0 Å². The number of aromatic carboxylic acids is 2. The number of nitrogens with zero attached hydrogens (tertiary/aromatic N) is 5. The first kappa shape index (κ1) is 29.1. The molecule has 0 unspecified atom stereocenters. The molecule has 2 N–H and O–H groups in total. The van der Waals surface area contributed by atoms with Crippen molar-refractivity contribution < 1.29 is 19.8 Å².